The van der Waals surface area contributed by atoms with Crippen molar-refractivity contribution in [1.82, 2.24) is 4.90 Å². The van der Waals surface area contributed by atoms with Gasteiger partial charge < -0.3 is 9.69 Å². The number of hydrogen-bond donors (Lipinski definition) is 0. The van der Waals surface area contributed by atoms with Gasteiger partial charge in [0.05, 0.1) is 0 Å². The Morgan fingerprint density at radius 1 is 1.44 bits per heavy atom. The second kappa shape index (κ2) is 4.50. The Kier molecular flexibility index (Phi) is 4.32. The summed E-state index contributed by atoms with van der Waals surface area (Å²) >= 11 is 0. The molecule has 0 rings (SSSR count). The molecule has 0 aromatic carbocycles. The van der Waals surface area contributed by atoms with E-state index in [4.69, 9.17) is 0 Å². The van der Waals surface area contributed by atoms with Crippen molar-refractivity contribution in [1.29, 1.82) is 0 Å². The van der Waals surface area contributed by atoms with Crippen LogP contribution < -0.4 is 0 Å². The van der Waals surface area contributed by atoms with Gasteiger partial charge in [-0.1, -0.05) is 0 Å². The van der Waals surface area contributed by atoms with Crippen molar-refractivity contribution in [2.24, 2.45) is 0 Å². The first-order valence-electron chi connectivity index (χ1n) is 3.27. The third-order valence-corrected chi connectivity index (χ3v) is 1.13. The van der Waals surface area contributed by atoms with Crippen molar-refractivity contribution in [3.05, 3.63) is 0 Å². The maximum atomic E-state index is 10.4. The Bertz CT molecular complexity index is 88.9. The predicted molar refractivity (Wildman–Crippen MR) is 38.5 cm³/mol. The molecule has 0 aliphatic rings. The van der Waals surface area contributed by atoms with Crippen LogP contribution in [0.2, 0.25) is 0 Å². The number of carbonyl (C=O) groups is 1. The average Bonchev–Trinajstić information content (AvgIpc) is 1.63. The number of rotatable bonds is 4. The van der Waals surface area contributed by atoms with Crippen molar-refractivity contribution in [3.8, 4) is 0 Å². The molecule has 0 N–H and O–H groups in total. The summed E-state index contributed by atoms with van der Waals surface area (Å²) in [5.74, 6) is 0.289. The molecule has 0 aliphatic heterocycles. The first-order valence-corrected chi connectivity index (χ1v) is 3.27. The van der Waals surface area contributed by atoms with Gasteiger partial charge in [-0.05, 0) is 34.0 Å². The molecule has 0 saturated carbocycles. The molecule has 2 heteroatoms. The molecule has 0 aliphatic carbocycles. The minimum Gasteiger partial charge on any atom is -0.309 e. The lowest BCUT2D eigenvalue weighted by molar-refractivity contribution is -0.117. The second-order valence-electron chi connectivity index (χ2n) is 2.61. The lowest BCUT2D eigenvalue weighted by Crippen LogP contribution is -2.13. The molecule has 0 bridgehead atoms. The van der Waals surface area contributed by atoms with Crippen LogP contribution in [0.3, 0.4) is 0 Å². The lowest BCUT2D eigenvalue weighted by Gasteiger charge is -2.06. The van der Waals surface area contributed by atoms with Gasteiger partial charge in [0.15, 0.2) is 0 Å². The van der Waals surface area contributed by atoms with Crippen molar-refractivity contribution in [3.63, 3.8) is 0 Å². The van der Waals surface area contributed by atoms with Crippen molar-refractivity contribution in [2.75, 3.05) is 20.6 Å². The van der Waals surface area contributed by atoms with Crippen LogP contribution in [0, 0.1) is 0 Å². The maximum Gasteiger partial charge on any atom is 0.129 e. The summed E-state index contributed by atoms with van der Waals surface area (Å²) in [7, 11) is 4.03. The molecule has 2 nitrogen and oxygen atoms in total. The molecular weight excluding hydrogens is 114 g/mol. The highest BCUT2D eigenvalue weighted by atomic mass is 16.1. The minimum atomic E-state index is 0.289. The Morgan fingerprint density at radius 3 is 2.33 bits per heavy atom. The normalized spacial score (nSPS) is 10.2. The molecule has 0 spiro atoms. The molecule has 0 fully saturated rings. The fourth-order valence-corrected chi connectivity index (χ4v) is 0.644. The standard InChI is InChI=1S/C7H15NO/c1-7(9)5-4-6-8(2)3/h4-6H2,1-3H3. The molecular formula is C7H15NO. The van der Waals surface area contributed by atoms with Crippen LogP contribution in [0.1, 0.15) is 19.8 Å². The summed E-state index contributed by atoms with van der Waals surface area (Å²) in [6.07, 6.45) is 1.71. The molecule has 9 heavy (non-hydrogen) atoms. The summed E-state index contributed by atoms with van der Waals surface area (Å²) in [6, 6.07) is 0. The van der Waals surface area contributed by atoms with Crippen LogP contribution in [-0.4, -0.2) is 31.3 Å². The number of carbonyl (C=O) groups excluding carboxylic acids is 1. The van der Waals surface area contributed by atoms with Gasteiger partial charge in [0.25, 0.3) is 0 Å². The summed E-state index contributed by atoms with van der Waals surface area (Å²) in [5.41, 5.74) is 0. The topological polar surface area (TPSA) is 20.3 Å². The first-order chi connectivity index (χ1) is 4.13. The van der Waals surface area contributed by atoms with Gasteiger partial charge in [0, 0.05) is 6.42 Å². The van der Waals surface area contributed by atoms with Crippen molar-refractivity contribution >= 4 is 5.78 Å². The zero-order valence-corrected chi connectivity index (χ0v) is 6.48. The van der Waals surface area contributed by atoms with E-state index in [0.29, 0.717) is 0 Å². The zero-order valence-electron chi connectivity index (χ0n) is 6.48. The minimum absolute atomic E-state index is 0.289. The predicted octanol–water partition coefficient (Wildman–Crippen LogP) is 0.917. The molecule has 0 radical (unpaired) electrons. The van der Waals surface area contributed by atoms with Crippen LogP contribution in [-0.2, 0) is 4.79 Å². The van der Waals surface area contributed by atoms with Gasteiger partial charge >= 0.3 is 0 Å². The van der Waals surface area contributed by atoms with Crippen LogP contribution in [0.25, 0.3) is 0 Å². The van der Waals surface area contributed by atoms with Crippen LogP contribution in [0.15, 0.2) is 0 Å². The third kappa shape index (κ3) is 7.63. The van der Waals surface area contributed by atoms with E-state index in [2.05, 4.69) is 4.90 Å². The van der Waals surface area contributed by atoms with Gasteiger partial charge in [0.2, 0.25) is 0 Å². The Balaban J connectivity index is 3.01. The second-order valence-corrected chi connectivity index (χ2v) is 2.61. The maximum absolute atomic E-state index is 10.4. The average molecular weight is 129 g/mol. The first kappa shape index (κ1) is 8.63. The van der Waals surface area contributed by atoms with Crippen LogP contribution in [0.4, 0.5) is 0 Å². The van der Waals surface area contributed by atoms with Gasteiger partial charge in [-0.2, -0.15) is 0 Å². The van der Waals surface area contributed by atoms with E-state index in [1.54, 1.807) is 6.92 Å². The Labute approximate surface area is 56.9 Å². The van der Waals surface area contributed by atoms with Gasteiger partial charge in [-0.25, -0.2) is 0 Å². The summed E-state index contributed by atoms with van der Waals surface area (Å²) < 4.78 is 0. The number of hydrogen-bond acceptors (Lipinski definition) is 2. The van der Waals surface area contributed by atoms with Crippen LogP contribution >= 0.6 is 0 Å². The van der Waals surface area contributed by atoms with E-state index in [1.807, 2.05) is 14.1 Å². The molecule has 0 saturated heterocycles. The SMILES string of the molecule is CC(=O)CCCN(C)C. The van der Waals surface area contributed by atoms with Crippen molar-refractivity contribution < 1.29 is 4.79 Å². The van der Waals surface area contributed by atoms with Crippen LogP contribution in [0.5, 0.6) is 0 Å². The van der Waals surface area contributed by atoms with E-state index in [0.717, 1.165) is 19.4 Å². The van der Waals surface area contributed by atoms with E-state index in [9.17, 15) is 4.79 Å². The Hall–Kier alpha value is -0.370. The number of nitrogens with zero attached hydrogens (tertiary/aromatic N) is 1. The summed E-state index contributed by atoms with van der Waals surface area (Å²) in [5, 5.41) is 0. The highest BCUT2D eigenvalue weighted by Gasteiger charge is 1.93. The molecule has 0 heterocycles. The quantitative estimate of drug-likeness (QED) is 0.562. The monoisotopic (exact) mass is 129 g/mol. The van der Waals surface area contributed by atoms with E-state index >= 15 is 0 Å². The molecule has 0 unspecified atom stereocenters. The van der Waals surface area contributed by atoms with Crippen molar-refractivity contribution in [2.45, 2.75) is 19.8 Å². The molecule has 0 aromatic rings. The van der Waals surface area contributed by atoms with Gasteiger partial charge in [-0.15, -0.1) is 0 Å². The summed E-state index contributed by atoms with van der Waals surface area (Å²) in [6.45, 7) is 2.65. The van der Waals surface area contributed by atoms with Gasteiger partial charge in [0.1, 0.15) is 5.78 Å². The number of ketones is 1. The molecule has 0 aromatic heterocycles. The largest absolute Gasteiger partial charge is 0.309 e. The van der Waals surface area contributed by atoms with E-state index in [-0.39, 0.29) is 5.78 Å². The smallest absolute Gasteiger partial charge is 0.129 e. The third-order valence-electron chi connectivity index (χ3n) is 1.13. The number of Topliss-reactive ketones (excluding diaryl/α,β-unsaturated/α-hetero) is 1. The van der Waals surface area contributed by atoms with Gasteiger partial charge in [-0.3, -0.25) is 0 Å². The zero-order chi connectivity index (χ0) is 7.28. The highest BCUT2D eigenvalue weighted by Crippen LogP contribution is 1.90. The fraction of sp³-hybridized carbons (Fsp3) is 0.857. The van der Waals surface area contributed by atoms with E-state index < -0.39 is 0 Å². The molecule has 0 atom stereocenters. The fourth-order valence-electron chi connectivity index (χ4n) is 0.644. The van der Waals surface area contributed by atoms with E-state index in [1.165, 1.54) is 0 Å². The molecule has 0 amide bonds. The lowest BCUT2D eigenvalue weighted by atomic mass is 10.2. The summed E-state index contributed by atoms with van der Waals surface area (Å²) in [4.78, 5) is 12.5. The Morgan fingerprint density at radius 2 is 2.00 bits per heavy atom. The molecule has 54 valence electrons. The highest BCUT2D eigenvalue weighted by molar-refractivity contribution is 5.75.